The first-order valence-corrected chi connectivity index (χ1v) is 15.5. The highest BCUT2D eigenvalue weighted by Gasteiger charge is 2.20. The van der Waals surface area contributed by atoms with Gasteiger partial charge in [-0.3, -0.25) is 9.59 Å². The van der Waals surface area contributed by atoms with Crippen molar-refractivity contribution in [1.82, 2.24) is 0 Å². The van der Waals surface area contributed by atoms with Crippen molar-refractivity contribution in [2.75, 3.05) is 13.2 Å². The van der Waals surface area contributed by atoms with Crippen LogP contribution in [0, 0.1) is 5.92 Å². The van der Waals surface area contributed by atoms with E-state index < -0.39 is 0 Å². The van der Waals surface area contributed by atoms with Crippen molar-refractivity contribution in [3.8, 4) is 0 Å². The summed E-state index contributed by atoms with van der Waals surface area (Å²) in [6, 6.07) is 0. The molecule has 0 fully saturated rings. The van der Waals surface area contributed by atoms with Gasteiger partial charge in [0.2, 0.25) is 0 Å². The molecule has 0 rings (SSSR count). The molecule has 0 amide bonds. The van der Waals surface area contributed by atoms with Gasteiger partial charge in [0, 0.05) is 6.42 Å². The van der Waals surface area contributed by atoms with E-state index in [0.717, 1.165) is 44.9 Å². The molecule has 0 saturated heterocycles. The molecule has 0 radical (unpaired) electrons. The van der Waals surface area contributed by atoms with Crippen LogP contribution in [0.5, 0.6) is 0 Å². The molecule has 4 heteroatoms. The van der Waals surface area contributed by atoms with Crippen LogP contribution in [0.4, 0.5) is 0 Å². The number of hydrogen-bond donors (Lipinski definition) is 0. The molecule has 0 N–H and O–H groups in total. The molecule has 0 aromatic rings. The molecule has 208 valence electrons. The third-order valence-corrected chi connectivity index (χ3v) is 6.93. The Morgan fingerprint density at radius 1 is 0.486 bits per heavy atom. The summed E-state index contributed by atoms with van der Waals surface area (Å²) in [6.45, 7) is 7.74. The van der Waals surface area contributed by atoms with Gasteiger partial charge in [0.1, 0.15) is 0 Å². The first-order valence-electron chi connectivity index (χ1n) is 15.5. The Labute approximate surface area is 218 Å². The Morgan fingerprint density at radius 3 is 1.40 bits per heavy atom. The highest BCUT2D eigenvalue weighted by atomic mass is 16.5. The maximum Gasteiger partial charge on any atom is 0.308 e. The van der Waals surface area contributed by atoms with Crippen molar-refractivity contribution < 1.29 is 19.1 Å². The van der Waals surface area contributed by atoms with Gasteiger partial charge < -0.3 is 9.47 Å². The van der Waals surface area contributed by atoms with Crippen LogP contribution >= 0.6 is 0 Å². The second-order valence-corrected chi connectivity index (χ2v) is 10.4. The molecule has 0 aromatic heterocycles. The van der Waals surface area contributed by atoms with E-state index in [9.17, 15) is 9.59 Å². The molecule has 0 heterocycles. The van der Waals surface area contributed by atoms with E-state index in [2.05, 4.69) is 20.8 Å². The van der Waals surface area contributed by atoms with Crippen molar-refractivity contribution in [2.45, 2.75) is 168 Å². The Bertz CT molecular complexity index is 463. The number of esters is 2. The first kappa shape index (κ1) is 33.9. The summed E-state index contributed by atoms with van der Waals surface area (Å²) in [5.41, 5.74) is 0. The van der Waals surface area contributed by atoms with E-state index in [4.69, 9.17) is 9.47 Å². The fourth-order valence-electron chi connectivity index (χ4n) is 4.53. The van der Waals surface area contributed by atoms with E-state index in [-0.39, 0.29) is 17.9 Å². The van der Waals surface area contributed by atoms with Gasteiger partial charge in [-0.05, 0) is 32.1 Å². The zero-order chi connectivity index (χ0) is 25.8. The minimum atomic E-state index is -0.119. The minimum Gasteiger partial charge on any atom is -0.466 e. The first-order chi connectivity index (χ1) is 17.2. The molecule has 0 saturated carbocycles. The van der Waals surface area contributed by atoms with Crippen LogP contribution in [-0.4, -0.2) is 25.2 Å². The number of rotatable bonds is 27. The van der Waals surface area contributed by atoms with E-state index in [0.29, 0.717) is 26.1 Å². The predicted molar refractivity (Wildman–Crippen MR) is 149 cm³/mol. The lowest BCUT2D eigenvalue weighted by Gasteiger charge is -2.16. The summed E-state index contributed by atoms with van der Waals surface area (Å²) in [6.07, 6.45) is 25.9. The van der Waals surface area contributed by atoms with Crippen LogP contribution in [0.25, 0.3) is 0 Å². The van der Waals surface area contributed by atoms with Crippen LogP contribution in [0.3, 0.4) is 0 Å². The maximum atomic E-state index is 12.7. The van der Waals surface area contributed by atoms with Crippen LogP contribution in [0.15, 0.2) is 0 Å². The van der Waals surface area contributed by atoms with Crippen LogP contribution in [0.1, 0.15) is 168 Å². The standard InChI is InChI=1S/C31H60O4/c1-4-7-10-13-14-15-16-17-20-24-29(31(33)35-28-22-19-12-9-6-3)25-23-26-30(32)34-27-21-18-11-8-5-2/h29H,4-28H2,1-3H3. The Hall–Kier alpha value is -1.06. The molecule has 0 aliphatic carbocycles. The highest BCUT2D eigenvalue weighted by Crippen LogP contribution is 2.20. The number of carbonyl (C=O) groups is 2. The molecular weight excluding hydrogens is 436 g/mol. The van der Waals surface area contributed by atoms with Crippen molar-refractivity contribution in [1.29, 1.82) is 0 Å². The van der Waals surface area contributed by atoms with Crippen molar-refractivity contribution in [3.63, 3.8) is 0 Å². The molecule has 0 aliphatic heterocycles. The highest BCUT2D eigenvalue weighted by molar-refractivity contribution is 5.72. The zero-order valence-electron chi connectivity index (χ0n) is 23.9. The predicted octanol–water partition coefficient (Wildman–Crippen LogP) is 9.72. The second kappa shape index (κ2) is 27.5. The smallest absolute Gasteiger partial charge is 0.308 e. The number of unbranched alkanes of at least 4 members (excludes halogenated alkanes) is 16. The summed E-state index contributed by atoms with van der Waals surface area (Å²) < 4.78 is 11.0. The molecule has 4 nitrogen and oxygen atoms in total. The van der Waals surface area contributed by atoms with Crippen LogP contribution in [0.2, 0.25) is 0 Å². The Morgan fingerprint density at radius 2 is 0.886 bits per heavy atom. The minimum absolute atomic E-state index is 0.0515. The monoisotopic (exact) mass is 496 g/mol. The lowest BCUT2D eigenvalue weighted by Crippen LogP contribution is -2.19. The lowest BCUT2D eigenvalue weighted by atomic mass is 9.95. The fraction of sp³-hybridized carbons (Fsp3) is 0.935. The molecular formula is C31H60O4. The summed E-state index contributed by atoms with van der Waals surface area (Å²) in [7, 11) is 0. The summed E-state index contributed by atoms with van der Waals surface area (Å²) in [5, 5.41) is 0. The molecule has 0 spiro atoms. The number of carbonyl (C=O) groups excluding carboxylic acids is 2. The summed E-state index contributed by atoms with van der Waals surface area (Å²) in [4.78, 5) is 24.8. The molecule has 0 aromatic carbocycles. The van der Waals surface area contributed by atoms with Gasteiger partial charge in [-0.2, -0.15) is 0 Å². The van der Waals surface area contributed by atoms with Crippen LogP contribution < -0.4 is 0 Å². The third kappa shape index (κ3) is 24.4. The van der Waals surface area contributed by atoms with E-state index in [1.807, 2.05) is 0 Å². The average Bonchev–Trinajstić information content (AvgIpc) is 2.86. The maximum absolute atomic E-state index is 12.7. The zero-order valence-corrected chi connectivity index (χ0v) is 23.9. The van der Waals surface area contributed by atoms with E-state index >= 15 is 0 Å². The van der Waals surface area contributed by atoms with Gasteiger partial charge in [-0.1, -0.05) is 130 Å². The molecule has 35 heavy (non-hydrogen) atoms. The van der Waals surface area contributed by atoms with Gasteiger partial charge in [-0.15, -0.1) is 0 Å². The van der Waals surface area contributed by atoms with Gasteiger partial charge in [-0.25, -0.2) is 0 Å². The second-order valence-electron chi connectivity index (χ2n) is 10.4. The lowest BCUT2D eigenvalue weighted by molar-refractivity contribution is -0.150. The topological polar surface area (TPSA) is 52.6 Å². The third-order valence-electron chi connectivity index (χ3n) is 6.93. The number of hydrogen-bond acceptors (Lipinski definition) is 4. The molecule has 1 unspecified atom stereocenters. The molecule has 0 bridgehead atoms. The number of ether oxygens (including phenoxy) is 2. The van der Waals surface area contributed by atoms with Gasteiger partial charge in [0.05, 0.1) is 19.1 Å². The summed E-state index contributed by atoms with van der Waals surface area (Å²) in [5.74, 6) is -0.243. The fourth-order valence-corrected chi connectivity index (χ4v) is 4.53. The quantitative estimate of drug-likeness (QED) is 0.0838. The molecule has 1 atom stereocenters. The van der Waals surface area contributed by atoms with Crippen molar-refractivity contribution >= 4 is 11.9 Å². The molecule has 0 aliphatic rings. The van der Waals surface area contributed by atoms with E-state index in [1.54, 1.807) is 0 Å². The van der Waals surface area contributed by atoms with Gasteiger partial charge in [0.15, 0.2) is 0 Å². The van der Waals surface area contributed by atoms with Crippen LogP contribution in [-0.2, 0) is 19.1 Å². The Kier molecular flexibility index (Phi) is 26.7. The Balaban J connectivity index is 4.17. The average molecular weight is 497 g/mol. The van der Waals surface area contributed by atoms with E-state index in [1.165, 1.54) is 89.9 Å². The normalized spacial score (nSPS) is 12.0. The summed E-state index contributed by atoms with van der Waals surface area (Å²) >= 11 is 0. The largest absolute Gasteiger partial charge is 0.466 e. The SMILES string of the molecule is CCCCCCCCCCCC(CCCC(=O)OCCCCCCC)C(=O)OCCCCCCC. The van der Waals surface area contributed by atoms with Crippen molar-refractivity contribution in [2.24, 2.45) is 5.92 Å². The van der Waals surface area contributed by atoms with Crippen molar-refractivity contribution in [3.05, 3.63) is 0 Å². The van der Waals surface area contributed by atoms with Gasteiger partial charge in [0.25, 0.3) is 0 Å². The van der Waals surface area contributed by atoms with Gasteiger partial charge >= 0.3 is 11.9 Å².